The van der Waals surface area contributed by atoms with Gasteiger partial charge >= 0.3 is 0 Å². The number of benzene rings is 1. The summed E-state index contributed by atoms with van der Waals surface area (Å²) in [4.78, 5) is 11.4. The molecule has 0 aliphatic carbocycles. The lowest BCUT2D eigenvalue weighted by Crippen LogP contribution is -2.18. The van der Waals surface area contributed by atoms with Crippen LogP contribution in [0.25, 0.3) is 0 Å². The van der Waals surface area contributed by atoms with Crippen molar-refractivity contribution in [3.8, 4) is 11.8 Å². The van der Waals surface area contributed by atoms with Crippen molar-refractivity contribution >= 4 is 23.2 Å². The average molecular weight is 239 g/mol. The first-order valence-electron chi connectivity index (χ1n) is 4.62. The van der Waals surface area contributed by atoms with Crippen molar-refractivity contribution in [2.75, 3.05) is 12.4 Å². The lowest BCUT2D eigenvalue weighted by atomic mass is 10.2. The van der Waals surface area contributed by atoms with Crippen LogP contribution in [0.5, 0.6) is 5.75 Å². The van der Waals surface area contributed by atoms with E-state index in [1.165, 1.54) is 14.0 Å². The van der Waals surface area contributed by atoms with E-state index < -0.39 is 5.92 Å². The van der Waals surface area contributed by atoms with E-state index in [1.54, 1.807) is 18.2 Å². The van der Waals surface area contributed by atoms with E-state index in [9.17, 15) is 4.79 Å². The number of nitrogens with zero attached hydrogens (tertiary/aromatic N) is 1. The molecule has 1 amide bonds. The van der Waals surface area contributed by atoms with E-state index in [-0.39, 0.29) is 5.91 Å². The quantitative estimate of drug-likeness (QED) is 0.880. The molecule has 0 heterocycles. The number of ether oxygens (including phenoxy) is 1. The summed E-state index contributed by atoms with van der Waals surface area (Å²) in [6, 6.07) is 6.72. The Bertz CT molecular complexity index is 440. The smallest absolute Gasteiger partial charge is 0.241 e. The highest BCUT2D eigenvalue weighted by molar-refractivity contribution is 6.32. The third-order valence-electron chi connectivity index (χ3n) is 2.01. The van der Waals surface area contributed by atoms with Crippen LogP contribution in [0.2, 0.25) is 5.02 Å². The highest BCUT2D eigenvalue weighted by atomic mass is 35.5. The highest BCUT2D eigenvalue weighted by Crippen LogP contribution is 2.27. The van der Waals surface area contributed by atoms with Crippen LogP contribution in [-0.4, -0.2) is 13.0 Å². The molecule has 84 valence electrons. The van der Waals surface area contributed by atoms with Crippen molar-refractivity contribution in [3.63, 3.8) is 0 Å². The Morgan fingerprint density at radius 3 is 2.88 bits per heavy atom. The predicted molar refractivity (Wildman–Crippen MR) is 61.4 cm³/mol. The van der Waals surface area contributed by atoms with Crippen LogP contribution in [-0.2, 0) is 4.79 Å². The molecular formula is C11H11ClN2O2. The number of halogens is 1. The summed E-state index contributed by atoms with van der Waals surface area (Å²) >= 11 is 5.83. The Morgan fingerprint density at radius 2 is 2.31 bits per heavy atom. The van der Waals surface area contributed by atoms with Gasteiger partial charge in [0.15, 0.2) is 0 Å². The largest absolute Gasteiger partial charge is 0.495 e. The van der Waals surface area contributed by atoms with Crippen molar-refractivity contribution in [1.82, 2.24) is 0 Å². The molecule has 0 spiro atoms. The Balaban J connectivity index is 2.83. The van der Waals surface area contributed by atoms with E-state index in [0.29, 0.717) is 16.5 Å². The topological polar surface area (TPSA) is 62.1 Å². The monoisotopic (exact) mass is 238 g/mol. The Labute approximate surface area is 98.8 Å². The molecule has 0 aromatic heterocycles. The minimum Gasteiger partial charge on any atom is -0.495 e. The number of amides is 1. The van der Waals surface area contributed by atoms with Gasteiger partial charge in [-0.05, 0) is 19.1 Å². The zero-order chi connectivity index (χ0) is 12.1. The zero-order valence-corrected chi connectivity index (χ0v) is 9.71. The second-order valence-electron chi connectivity index (χ2n) is 3.19. The molecule has 0 aliphatic heterocycles. The first-order valence-corrected chi connectivity index (χ1v) is 5.00. The van der Waals surface area contributed by atoms with Crippen molar-refractivity contribution < 1.29 is 9.53 Å². The molecule has 1 aromatic rings. The Kier molecular flexibility index (Phi) is 4.15. The van der Waals surface area contributed by atoms with E-state index >= 15 is 0 Å². The van der Waals surface area contributed by atoms with Crippen LogP contribution in [0.1, 0.15) is 6.92 Å². The molecule has 0 aliphatic rings. The molecule has 1 N–H and O–H groups in total. The van der Waals surface area contributed by atoms with Gasteiger partial charge in [0.25, 0.3) is 0 Å². The first kappa shape index (κ1) is 12.3. The van der Waals surface area contributed by atoms with Crippen molar-refractivity contribution in [2.24, 2.45) is 5.92 Å². The van der Waals surface area contributed by atoms with E-state index in [2.05, 4.69) is 5.32 Å². The molecule has 1 aromatic carbocycles. The van der Waals surface area contributed by atoms with Gasteiger partial charge < -0.3 is 10.1 Å². The lowest BCUT2D eigenvalue weighted by molar-refractivity contribution is -0.117. The summed E-state index contributed by atoms with van der Waals surface area (Å²) in [6.45, 7) is 1.53. The Hall–Kier alpha value is -1.73. The molecule has 1 atom stereocenters. The van der Waals surface area contributed by atoms with Crippen LogP contribution in [0, 0.1) is 17.2 Å². The maximum absolute atomic E-state index is 11.4. The van der Waals surface area contributed by atoms with Gasteiger partial charge in [-0.1, -0.05) is 11.6 Å². The summed E-state index contributed by atoms with van der Waals surface area (Å²) in [5.41, 5.74) is 0.549. The van der Waals surface area contributed by atoms with Gasteiger partial charge in [0, 0.05) is 11.8 Å². The number of carbonyl (C=O) groups is 1. The van der Waals surface area contributed by atoms with Crippen molar-refractivity contribution in [3.05, 3.63) is 23.2 Å². The van der Waals surface area contributed by atoms with E-state index in [0.717, 1.165) is 0 Å². The zero-order valence-electron chi connectivity index (χ0n) is 8.95. The van der Waals surface area contributed by atoms with Gasteiger partial charge in [0.05, 0.1) is 18.2 Å². The molecule has 0 bridgehead atoms. The number of nitriles is 1. The molecule has 4 nitrogen and oxygen atoms in total. The number of carbonyl (C=O) groups excluding carboxylic acids is 1. The normalized spacial score (nSPS) is 11.4. The summed E-state index contributed by atoms with van der Waals surface area (Å²) in [6.07, 6.45) is 0. The van der Waals surface area contributed by atoms with Gasteiger partial charge in [0.1, 0.15) is 11.7 Å². The van der Waals surface area contributed by atoms with Gasteiger partial charge in [-0.15, -0.1) is 0 Å². The number of methoxy groups -OCH3 is 1. The average Bonchev–Trinajstić information content (AvgIpc) is 2.30. The van der Waals surface area contributed by atoms with Gasteiger partial charge in [-0.25, -0.2) is 0 Å². The number of nitrogens with one attached hydrogen (secondary N) is 1. The van der Waals surface area contributed by atoms with Gasteiger partial charge in [-0.3, -0.25) is 4.79 Å². The molecule has 16 heavy (non-hydrogen) atoms. The number of anilines is 1. The van der Waals surface area contributed by atoms with Crippen LogP contribution in [0.3, 0.4) is 0 Å². The van der Waals surface area contributed by atoms with Crippen LogP contribution >= 0.6 is 11.6 Å². The molecular weight excluding hydrogens is 228 g/mol. The molecule has 0 saturated heterocycles. The fourth-order valence-corrected chi connectivity index (χ4v) is 1.24. The molecule has 0 fully saturated rings. The third-order valence-corrected chi connectivity index (χ3v) is 2.32. The number of rotatable bonds is 3. The predicted octanol–water partition coefficient (Wildman–Crippen LogP) is 2.45. The lowest BCUT2D eigenvalue weighted by Gasteiger charge is -2.08. The van der Waals surface area contributed by atoms with Crippen LogP contribution in [0.4, 0.5) is 5.69 Å². The van der Waals surface area contributed by atoms with Gasteiger partial charge in [0.2, 0.25) is 5.91 Å². The summed E-state index contributed by atoms with van der Waals surface area (Å²) in [5, 5.41) is 11.6. The van der Waals surface area contributed by atoms with Crippen molar-refractivity contribution in [2.45, 2.75) is 6.92 Å². The molecule has 5 heteroatoms. The maximum atomic E-state index is 11.4. The molecule has 1 unspecified atom stereocenters. The Morgan fingerprint density at radius 1 is 1.62 bits per heavy atom. The molecule has 1 rings (SSSR count). The van der Waals surface area contributed by atoms with Crippen LogP contribution in [0.15, 0.2) is 18.2 Å². The second-order valence-corrected chi connectivity index (χ2v) is 3.60. The minimum atomic E-state index is -0.693. The summed E-state index contributed by atoms with van der Waals surface area (Å²) < 4.78 is 5.01. The third kappa shape index (κ3) is 2.88. The number of hydrogen-bond donors (Lipinski definition) is 1. The second kappa shape index (κ2) is 5.38. The van der Waals surface area contributed by atoms with Crippen LogP contribution < -0.4 is 10.1 Å². The standard InChI is InChI=1S/C11H11ClN2O2/c1-7(6-13)11(15)14-8-3-4-9(12)10(5-8)16-2/h3-5,7H,1-2H3,(H,14,15). The van der Waals surface area contributed by atoms with E-state index in [1.807, 2.05) is 6.07 Å². The summed E-state index contributed by atoms with van der Waals surface area (Å²) in [5.74, 6) is -0.572. The van der Waals surface area contributed by atoms with Gasteiger partial charge in [-0.2, -0.15) is 5.26 Å². The summed E-state index contributed by atoms with van der Waals surface area (Å²) in [7, 11) is 1.49. The minimum absolute atomic E-state index is 0.355. The fraction of sp³-hybridized carbons (Fsp3) is 0.273. The maximum Gasteiger partial charge on any atom is 0.241 e. The van der Waals surface area contributed by atoms with E-state index in [4.69, 9.17) is 21.6 Å². The van der Waals surface area contributed by atoms with Crippen molar-refractivity contribution in [1.29, 1.82) is 5.26 Å². The highest BCUT2D eigenvalue weighted by Gasteiger charge is 2.12. The first-order chi connectivity index (χ1) is 7.58. The number of hydrogen-bond acceptors (Lipinski definition) is 3. The molecule has 0 radical (unpaired) electrons. The fourth-order valence-electron chi connectivity index (χ4n) is 1.05. The SMILES string of the molecule is COc1cc(NC(=O)C(C)C#N)ccc1Cl. The molecule has 0 saturated carbocycles.